The molecule has 2 N–H and O–H groups in total. The summed E-state index contributed by atoms with van der Waals surface area (Å²) >= 11 is 12.9. The standard InChI is InChI=1S/C23H19Cl2N5O2/c1-13(32)10-29-11-15(9-27-29)14-7-16-19(26-8-14)5-6-30-20(12-31)22(28-23(16)30)21-17(24)3-2-4-18(21)25/h2-9,11,13,31-32H,10,12H2,1H3. The fraction of sp³-hybridized carbons (Fsp3) is 0.174. The second kappa shape index (κ2) is 8.18. The Labute approximate surface area is 193 Å². The van der Waals surface area contributed by atoms with Gasteiger partial charge >= 0.3 is 0 Å². The Kier molecular flexibility index (Phi) is 5.35. The van der Waals surface area contributed by atoms with Crippen LogP contribution in [0.1, 0.15) is 12.6 Å². The van der Waals surface area contributed by atoms with Gasteiger partial charge in [0.2, 0.25) is 0 Å². The number of aliphatic hydroxyl groups is 2. The highest BCUT2D eigenvalue weighted by atomic mass is 35.5. The Morgan fingerprint density at radius 2 is 1.88 bits per heavy atom. The minimum Gasteiger partial charge on any atom is -0.391 e. The highest BCUT2D eigenvalue weighted by molar-refractivity contribution is 6.39. The molecule has 32 heavy (non-hydrogen) atoms. The van der Waals surface area contributed by atoms with Crippen LogP contribution < -0.4 is 0 Å². The first-order chi connectivity index (χ1) is 15.5. The van der Waals surface area contributed by atoms with E-state index in [9.17, 15) is 10.2 Å². The quantitative estimate of drug-likeness (QED) is 0.394. The highest BCUT2D eigenvalue weighted by Crippen LogP contribution is 2.37. The second-order valence-electron chi connectivity index (χ2n) is 7.63. The minimum absolute atomic E-state index is 0.233. The summed E-state index contributed by atoms with van der Waals surface area (Å²) in [7, 11) is 0. The fourth-order valence-electron chi connectivity index (χ4n) is 3.87. The number of aromatic nitrogens is 5. The minimum atomic E-state index is -0.492. The smallest absolute Gasteiger partial charge is 0.147 e. The van der Waals surface area contributed by atoms with E-state index >= 15 is 0 Å². The molecule has 0 saturated heterocycles. The lowest BCUT2D eigenvalue weighted by atomic mass is 10.1. The number of aliphatic hydroxyl groups excluding tert-OH is 2. The maximum absolute atomic E-state index is 10.1. The van der Waals surface area contributed by atoms with Gasteiger partial charge < -0.3 is 14.6 Å². The molecule has 0 bridgehead atoms. The number of halogens is 2. The van der Waals surface area contributed by atoms with Gasteiger partial charge in [-0.3, -0.25) is 9.67 Å². The van der Waals surface area contributed by atoms with E-state index in [4.69, 9.17) is 28.2 Å². The molecular formula is C23H19Cl2N5O2. The number of pyridine rings is 2. The molecule has 0 aliphatic carbocycles. The zero-order valence-corrected chi connectivity index (χ0v) is 18.6. The van der Waals surface area contributed by atoms with Gasteiger partial charge in [0.15, 0.2) is 0 Å². The van der Waals surface area contributed by atoms with E-state index in [0.717, 1.165) is 22.0 Å². The van der Waals surface area contributed by atoms with Crippen LogP contribution >= 0.6 is 23.2 Å². The number of hydrogen-bond donors (Lipinski definition) is 2. The SMILES string of the molecule is CC(O)Cn1cc(-c2cnc3ccn4c(CO)c(-c5c(Cl)cccc5Cl)nc4c3c2)cn1. The molecule has 5 rings (SSSR count). The summed E-state index contributed by atoms with van der Waals surface area (Å²) in [6, 6.07) is 9.13. The Morgan fingerprint density at radius 1 is 1.09 bits per heavy atom. The topological polar surface area (TPSA) is 88.5 Å². The number of benzene rings is 1. The first-order valence-corrected chi connectivity index (χ1v) is 10.8. The first-order valence-electron chi connectivity index (χ1n) is 10.0. The van der Waals surface area contributed by atoms with Crippen LogP contribution in [-0.2, 0) is 13.2 Å². The zero-order valence-electron chi connectivity index (χ0n) is 17.1. The molecule has 5 aromatic rings. The van der Waals surface area contributed by atoms with Crippen LogP contribution in [0.5, 0.6) is 0 Å². The van der Waals surface area contributed by atoms with E-state index < -0.39 is 6.10 Å². The summed E-state index contributed by atoms with van der Waals surface area (Å²) < 4.78 is 3.53. The maximum atomic E-state index is 10.1. The number of nitrogens with zero attached hydrogens (tertiary/aromatic N) is 5. The average molecular weight is 468 g/mol. The molecule has 0 amide bonds. The van der Waals surface area contributed by atoms with Crippen molar-refractivity contribution in [3.63, 3.8) is 0 Å². The molecule has 162 valence electrons. The Bertz CT molecular complexity index is 1440. The molecule has 1 atom stereocenters. The van der Waals surface area contributed by atoms with Crippen molar-refractivity contribution in [1.82, 2.24) is 24.1 Å². The van der Waals surface area contributed by atoms with Crippen LogP contribution in [0.15, 0.2) is 55.1 Å². The van der Waals surface area contributed by atoms with E-state index in [0.29, 0.717) is 39.2 Å². The molecule has 4 aromatic heterocycles. The van der Waals surface area contributed by atoms with Crippen LogP contribution in [0.25, 0.3) is 38.9 Å². The van der Waals surface area contributed by atoms with Gasteiger partial charge in [0.1, 0.15) is 5.65 Å². The first kappa shape index (κ1) is 20.9. The third-order valence-corrected chi connectivity index (χ3v) is 5.95. The summed E-state index contributed by atoms with van der Waals surface area (Å²) in [6.45, 7) is 1.89. The molecule has 0 aliphatic heterocycles. The molecule has 0 radical (unpaired) electrons. The zero-order chi connectivity index (χ0) is 22.4. The molecular weight excluding hydrogens is 449 g/mol. The fourth-order valence-corrected chi connectivity index (χ4v) is 4.44. The third kappa shape index (κ3) is 3.53. The lowest BCUT2D eigenvalue weighted by Crippen LogP contribution is -2.11. The predicted molar refractivity (Wildman–Crippen MR) is 125 cm³/mol. The van der Waals surface area contributed by atoms with Gasteiger partial charge in [0.05, 0.1) is 52.4 Å². The maximum Gasteiger partial charge on any atom is 0.147 e. The van der Waals surface area contributed by atoms with Crippen molar-refractivity contribution < 1.29 is 10.2 Å². The van der Waals surface area contributed by atoms with Gasteiger partial charge in [-0.15, -0.1) is 0 Å². The molecule has 0 spiro atoms. The summed E-state index contributed by atoms with van der Waals surface area (Å²) in [6.07, 6.45) is 6.73. The Morgan fingerprint density at radius 3 is 2.59 bits per heavy atom. The molecule has 7 nitrogen and oxygen atoms in total. The van der Waals surface area contributed by atoms with E-state index in [2.05, 4.69) is 10.1 Å². The van der Waals surface area contributed by atoms with Crippen molar-refractivity contribution in [3.05, 3.63) is 70.9 Å². The van der Waals surface area contributed by atoms with Crippen LogP contribution in [0, 0.1) is 0 Å². The molecule has 0 fully saturated rings. The van der Waals surface area contributed by atoms with E-state index in [1.54, 1.807) is 42.2 Å². The number of fused-ring (bicyclic) bond motifs is 3. The molecule has 0 saturated carbocycles. The van der Waals surface area contributed by atoms with Crippen molar-refractivity contribution in [2.75, 3.05) is 0 Å². The van der Waals surface area contributed by atoms with Crippen molar-refractivity contribution in [3.8, 4) is 22.4 Å². The summed E-state index contributed by atoms with van der Waals surface area (Å²) in [4.78, 5) is 9.42. The van der Waals surface area contributed by atoms with E-state index in [1.165, 1.54) is 0 Å². The van der Waals surface area contributed by atoms with Gasteiger partial charge in [-0.2, -0.15) is 5.10 Å². The summed E-state index contributed by atoms with van der Waals surface area (Å²) in [5, 5.41) is 25.8. The average Bonchev–Trinajstić information content (AvgIpc) is 3.37. The molecule has 1 unspecified atom stereocenters. The highest BCUT2D eigenvalue weighted by Gasteiger charge is 2.20. The van der Waals surface area contributed by atoms with Crippen LogP contribution in [-0.4, -0.2) is 40.5 Å². The monoisotopic (exact) mass is 467 g/mol. The van der Waals surface area contributed by atoms with Crippen molar-refractivity contribution >= 4 is 39.8 Å². The normalized spacial score (nSPS) is 12.7. The lowest BCUT2D eigenvalue weighted by molar-refractivity contribution is 0.168. The largest absolute Gasteiger partial charge is 0.391 e. The number of hydrogen-bond acceptors (Lipinski definition) is 5. The van der Waals surface area contributed by atoms with E-state index in [-0.39, 0.29) is 6.61 Å². The summed E-state index contributed by atoms with van der Waals surface area (Å²) in [5.74, 6) is 0. The summed E-state index contributed by atoms with van der Waals surface area (Å²) in [5.41, 5.74) is 4.86. The van der Waals surface area contributed by atoms with Crippen molar-refractivity contribution in [2.24, 2.45) is 0 Å². The van der Waals surface area contributed by atoms with Crippen molar-refractivity contribution in [1.29, 1.82) is 0 Å². The lowest BCUT2D eigenvalue weighted by Gasteiger charge is -2.06. The molecule has 1 aromatic carbocycles. The van der Waals surface area contributed by atoms with Gasteiger partial charge in [-0.05, 0) is 31.2 Å². The van der Waals surface area contributed by atoms with Gasteiger partial charge in [0, 0.05) is 40.7 Å². The van der Waals surface area contributed by atoms with Crippen LogP contribution in [0.4, 0.5) is 0 Å². The van der Waals surface area contributed by atoms with Crippen LogP contribution in [0.3, 0.4) is 0 Å². The number of imidazole rings is 1. The predicted octanol–water partition coefficient (Wildman–Crippen LogP) is 4.59. The van der Waals surface area contributed by atoms with Crippen LogP contribution in [0.2, 0.25) is 10.0 Å². The van der Waals surface area contributed by atoms with Gasteiger partial charge in [0.25, 0.3) is 0 Å². The third-order valence-electron chi connectivity index (χ3n) is 5.32. The second-order valence-corrected chi connectivity index (χ2v) is 8.44. The van der Waals surface area contributed by atoms with Crippen molar-refractivity contribution in [2.45, 2.75) is 26.2 Å². The number of rotatable bonds is 5. The Hall–Kier alpha value is -2.97. The molecule has 9 heteroatoms. The Balaban J connectivity index is 1.71. The molecule has 0 aliphatic rings. The molecule has 4 heterocycles. The van der Waals surface area contributed by atoms with Gasteiger partial charge in [-0.25, -0.2) is 4.98 Å². The van der Waals surface area contributed by atoms with E-state index in [1.807, 2.05) is 28.9 Å². The van der Waals surface area contributed by atoms with Gasteiger partial charge in [-0.1, -0.05) is 29.3 Å².